The predicted octanol–water partition coefficient (Wildman–Crippen LogP) is 6.89. The minimum Gasteiger partial charge on any atom is -0.508 e. The van der Waals surface area contributed by atoms with Crippen LogP contribution in [0.4, 0.5) is 22.0 Å². The molecule has 0 saturated carbocycles. The Balaban J connectivity index is 1.96. The minimum absolute atomic E-state index is 0.0288. The van der Waals surface area contributed by atoms with E-state index in [-0.39, 0.29) is 36.8 Å². The number of phenols is 2. The van der Waals surface area contributed by atoms with E-state index in [0.717, 1.165) is 36.4 Å². The van der Waals surface area contributed by atoms with Crippen molar-refractivity contribution in [3.63, 3.8) is 0 Å². The monoisotopic (exact) mass is 634 g/mol. The summed E-state index contributed by atoms with van der Waals surface area (Å²) in [6, 6.07) is 10.4. The number of hydrogen-bond acceptors (Lipinski definition) is 5. The molecule has 0 radical (unpaired) electrons. The van der Waals surface area contributed by atoms with E-state index < -0.39 is 52.6 Å². The molecule has 1 fully saturated rings. The SMILES string of the molecule is C[C@]1(c2ccc(O)cc2)COc2cc(O)ccc2[C@@]12CCCCCCCCCNS(=O)(=O)N2CCCC(F)(F)C(F)(F)F. The van der Waals surface area contributed by atoms with Crippen LogP contribution in [-0.2, 0) is 21.2 Å². The van der Waals surface area contributed by atoms with E-state index in [1.54, 1.807) is 19.1 Å². The summed E-state index contributed by atoms with van der Waals surface area (Å²) >= 11 is 0. The van der Waals surface area contributed by atoms with E-state index in [4.69, 9.17) is 4.74 Å². The van der Waals surface area contributed by atoms with Crippen LogP contribution in [0.25, 0.3) is 0 Å². The van der Waals surface area contributed by atoms with Crippen LogP contribution in [0.3, 0.4) is 0 Å². The predicted molar refractivity (Wildman–Crippen MR) is 152 cm³/mol. The van der Waals surface area contributed by atoms with Gasteiger partial charge in [0.25, 0.3) is 10.2 Å². The largest absolute Gasteiger partial charge is 0.508 e. The van der Waals surface area contributed by atoms with E-state index in [1.165, 1.54) is 30.3 Å². The van der Waals surface area contributed by atoms with Crippen LogP contribution < -0.4 is 9.46 Å². The highest BCUT2D eigenvalue weighted by atomic mass is 32.2. The molecule has 0 amide bonds. The second kappa shape index (κ2) is 12.8. The fourth-order valence-corrected chi connectivity index (χ4v) is 8.21. The molecule has 1 saturated heterocycles. The Morgan fingerprint density at radius 1 is 0.907 bits per heavy atom. The van der Waals surface area contributed by atoms with E-state index >= 15 is 0 Å². The number of benzene rings is 2. The average molecular weight is 635 g/mol. The van der Waals surface area contributed by atoms with Crippen LogP contribution in [0, 0.1) is 0 Å². The zero-order valence-corrected chi connectivity index (χ0v) is 24.9. The van der Waals surface area contributed by atoms with Crippen LogP contribution in [0.2, 0.25) is 0 Å². The Hall–Kier alpha value is -2.64. The maximum Gasteiger partial charge on any atom is 0.453 e. The molecule has 2 aliphatic rings. The third kappa shape index (κ3) is 6.73. The van der Waals surface area contributed by atoms with Crippen LogP contribution in [0.5, 0.6) is 17.2 Å². The van der Waals surface area contributed by atoms with E-state index in [2.05, 4.69) is 4.72 Å². The Morgan fingerprint density at radius 3 is 2.16 bits per heavy atom. The molecule has 1 spiro atoms. The zero-order chi connectivity index (χ0) is 31.5. The van der Waals surface area contributed by atoms with Gasteiger partial charge in [-0.15, -0.1) is 0 Å². The lowest BCUT2D eigenvalue weighted by Gasteiger charge is -2.57. The van der Waals surface area contributed by atoms with Crippen LogP contribution in [-0.4, -0.2) is 54.7 Å². The second-order valence-electron chi connectivity index (χ2n) is 11.7. The molecule has 2 aliphatic heterocycles. The van der Waals surface area contributed by atoms with Crippen molar-refractivity contribution >= 4 is 10.2 Å². The van der Waals surface area contributed by atoms with Gasteiger partial charge in [-0.25, -0.2) is 4.72 Å². The zero-order valence-electron chi connectivity index (χ0n) is 24.1. The number of fused-ring (bicyclic) bond motifs is 2. The molecule has 0 aromatic heterocycles. The second-order valence-corrected chi connectivity index (χ2v) is 13.4. The topological polar surface area (TPSA) is 99.1 Å². The fraction of sp³-hybridized carbons (Fsp3) is 0.600. The first-order chi connectivity index (χ1) is 20.1. The summed E-state index contributed by atoms with van der Waals surface area (Å²) in [5.41, 5.74) is -1.78. The molecule has 0 aliphatic carbocycles. The first-order valence-corrected chi connectivity index (χ1v) is 16.1. The summed E-state index contributed by atoms with van der Waals surface area (Å²) in [4.78, 5) is 0. The summed E-state index contributed by atoms with van der Waals surface area (Å²) in [5, 5.41) is 20.3. The van der Waals surface area contributed by atoms with Crippen molar-refractivity contribution in [2.45, 2.75) is 94.2 Å². The number of nitrogens with one attached hydrogen (secondary N) is 1. The fourth-order valence-electron chi connectivity index (χ4n) is 6.48. The van der Waals surface area contributed by atoms with E-state index in [1.807, 2.05) is 0 Å². The number of halogens is 5. The molecule has 4 rings (SSSR count). The van der Waals surface area contributed by atoms with Crippen molar-refractivity contribution in [3.8, 4) is 17.2 Å². The number of phenolic OH excluding ortho intramolecular Hbond substituents is 2. The lowest BCUT2D eigenvalue weighted by molar-refractivity contribution is -0.284. The standard InChI is InChI=1S/C30H39F5N2O5S/c1-27(22-10-12-23(38)13-11-22)21-42-26-20-24(39)14-15-25(26)28(27)16-7-5-3-2-4-6-8-18-36-43(40,41)37(28)19-9-17-29(31,32)30(33,34)35/h10-15,20,36,38-39H,2-9,16-19,21H2,1H3/t27-,28+/m1/s1. The van der Waals surface area contributed by atoms with Crippen LogP contribution in [0.15, 0.2) is 42.5 Å². The molecule has 0 unspecified atom stereocenters. The highest BCUT2D eigenvalue weighted by Gasteiger charge is 2.61. The van der Waals surface area contributed by atoms with Crippen molar-refractivity contribution in [2.24, 2.45) is 0 Å². The van der Waals surface area contributed by atoms with Gasteiger partial charge in [-0.3, -0.25) is 0 Å². The highest BCUT2D eigenvalue weighted by Crippen LogP contribution is 2.57. The summed E-state index contributed by atoms with van der Waals surface area (Å²) in [6.07, 6.45) is -2.57. The third-order valence-corrected chi connectivity index (χ3v) is 10.5. The maximum absolute atomic E-state index is 14.3. The third-order valence-electron chi connectivity index (χ3n) is 8.83. The Morgan fingerprint density at radius 2 is 1.51 bits per heavy atom. The average Bonchev–Trinajstić information content (AvgIpc) is 2.93. The van der Waals surface area contributed by atoms with Crippen LogP contribution >= 0.6 is 0 Å². The van der Waals surface area contributed by atoms with Crippen LogP contribution in [0.1, 0.15) is 82.3 Å². The van der Waals surface area contributed by atoms with Gasteiger partial charge in [0.15, 0.2) is 0 Å². The molecule has 0 bridgehead atoms. The smallest absolute Gasteiger partial charge is 0.453 e. The van der Waals surface area contributed by atoms with Gasteiger partial charge < -0.3 is 14.9 Å². The maximum atomic E-state index is 14.3. The minimum atomic E-state index is -5.77. The molecule has 43 heavy (non-hydrogen) atoms. The van der Waals surface area contributed by atoms with Gasteiger partial charge in [-0.2, -0.15) is 34.7 Å². The van der Waals surface area contributed by atoms with Gasteiger partial charge in [0.05, 0.1) is 17.6 Å². The normalized spacial score (nSPS) is 26.0. The Kier molecular flexibility index (Phi) is 9.87. The summed E-state index contributed by atoms with van der Waals surface area (Å²) < 4.78 is 106. The van der Waals surface area contributed by atoms with Crippen molar-refractivity contribution in [3.05, 3.63) is 53.6 Å². The molecule has 2 heterocycles. The number of rotatable bonds is 5. The highest BCUT2D eigenvalue weighted by molar-refractivity contribution is 7.87. The first kappa shape index (κ1) is 33.3. The van der Waals surface area contributed by atoms with Gasteiger partial charge in [0.1, 0.15) is 17.2 Å². The molecule has 2 aromatic carbocycles. The van der Waals surface area contributed by atoms with Crippen molar-refractivity contribution < 1.29 is 45.3 Å². The van der Waals surface area contributed by atoms with E-state index in [9.17, 15) is 40.6 Å². The summed E-state index contributed by atoms with van der Waals surface area (Å²) in [5.74, 6) is -4.97. The molecule has 2 atom stereocenters. The first-order valence-electron chi connectivity index (χ1n) is 14.6. The Bertz CT molecular complexity index is 1360. The lowest BCUT2D eigenvalue weighted by Crippen LogP contribution is -2.66. The van der Waals surface area contributed by atoms with Crippen molar-refractivity contribution in [2.75, 3.05) is 19.7 Å². The number of hydrogen-bond donors (Lipinski definition) is 3. The number of aromatic hydroxyl groups is 2. The van der Waals surface area contributed by atoms with Gasteiger partial charge in [0.2, 0.25) is 0 Å². The molecule has 2 aromatic rings. The number of nitrogens with zero attached hydrogens (tertiary/aromatic N) is 1. The van der Waals surface area contributed by atoms with E-state index in [0.29, 0.717) is 24.0 Å². The molecular weight excluding hydrogens is 595 g/mol. The van der Waals surface area contributed by atoms with Gasteiger partial charge in [-0.1, -0.05) is 57.6 Å². The summed E-state index contributed by atoms with van der Waals surface area (Å²) in [6.45, 7) is 1.12. The van der Waals surface area contributed by atoms with Crippen molar-refractivity contribution in [1.29, 1.82) is 0 Å². The number of alkyl halides is 5. The number of ether oxygens (including phenoxy) is 1. The molecular formula is C30H39F5N2O5S. The lowest BCUT2D eigenvalue weighted by atomic mass is 9.60. The Labute approximate surface area is 249 Å². The van der Waals surface area contributed by atoms with Gasteiger partial charge in [-0.05, 0) is 49.1 Å². The quantitative estimate of drug-likeness (QED) is 0.311. The van der Waals surface area contributed by atoms with Gasteiger partial charge >= 0.3 is 12.1 Å². The summed E-state index contributed by atoms with van der Waals surface area (Å²) in [7, 11) is -4.47. The molecule has 3 N–H and O–H groups in total. The van der Waals surface area contributed by atoms with Crippen molar-refractivity contribution in [1.82, 2.24) is 9.03 Å². The molecule has 13 heteroatoms. The molecule has 240 valence electrons. The molecule has 7 nitrogen and oxygen atoms in total. The van der Waals surface area contributed by atoms with Gasteiger partial charge in [0, 0.05) is 31.1 Å².